The molecule has 8 heteroatoms. The summed E-state index contributed by atoms with van der Waals surface area (Å²) in [7, 11) is 1.56. The molecule has 0 amide bonds. The van der Waals surface area contributed by atoms with E-state index in [2.05, 4.69) is 28.5 Å². The van der Waals surface area contributed by atoms with Crippen molar-refractivity contribution in [2.24, 2.45) is 5.10 Å². The van der Waals surface area contributed by atoms with Crippen LogP contribution in [0.25, 0.3) is 10.6 Å². The monoisotopic (exact) mass is 407 g/mol. The highest BCUT2D eigenvalue weighted by atomic mass is 35.5. The number of thiophene rings is 1. The number of methoxy groups -OCH3 is 1. The van der Waals surface area contributed by atoms with Gasteiger partial charge in [0.15, 0.2) is 11.5 Å². The minimum atomic E-state index is 0.477. The molecule has 26 heavy (non-hydrogen) atoms. The number of thiazole rings is 1. The van der Waals surface area contributed by atoms with E-state index in [4.69, 9.17) is 21.1 Å². The highest BCUT2D eigenvalue weighted by molar-refractivity contribution is 7.17. The molecule has 0 aliphatic heterocycles. The van der Waals surface area contributed by atoms with Gasteiger partial charge in [0.1, 0.15) is 0 Å². The summed E-state index contributed by atoms with van der Waals surface area (Å²) in [6.07, 6.45) is 1.68. The molecule has 3 rings (SSSR count). The summed E-state index contributed by atoms with van der Waals surface area (Å²) in [5.74, 6) is 1.11. The van der Waals surface area contributed by atoms with Crippen molar-refractivity contribution in [1.29, 1.82) is 0 Å². The molecule has 1 aromatic carbocycles. The Labute approximate surface area is 165 Å². The van der Waals surface area contributed by atoms with Gasteiger partial charge in [0, 0.05) is 4.88 Å². The van der Waals surface area contributed by atoms with E-state index < -0.39 is 0 Å². The van der Waals surface area contributed by atoms with E-state index in [0.29, 0.717) is 23.1 Å². The molecule has 0 saturated carbocycles. The first-order valence-electron chi connectivity index (χ1n) is 7.93. The first-order chi connectivity index (χ1) is 12.6. The number of nitrogens with one attached hydrogen (secondary N) is 1. The zero-order valence-corrected chi connectivity index (χ0v) is 17.0. The third-order valence-electron chi connectivity index (χ3n) is 3.46. The van der Waals surface area contributed by atoms with Gasteiger partial charge in [-0.1, -0.05) is 17.7 Å². The number of aromatic nitrogens is 1. The van der Waals surface area contributed by atoms with E-state index in [1.807, 2.05) is 24.4 Å². The molecule has 2 heterocycles. The van der Waals surface area contributed by atoms with Gasteiger partial charge in [-0.05, 0) is 43.0 Å². The molecule has 0 aliphatic carbocycles. The Kier molecular flexibility index (Phi) is 6.13. The number of aryl methyl sites for hydroxylation is 1. The Morgan fingerprint density at radius 1 is 1.38 bits per heavy atom. The summed E-state index contributed by atoms with van der Waals surface area (Å²) in [4.78, 5) is 6.91. The van der Waals surface area contributed by atoms with Crippen molar-refractivity contribution >= 4 is 45.6 Å². The third-order valence-corrected chi connectivity index (χ3v) is 5.49. The molecule has 0 bridgehead atoms. The first-order valence-corrected chi connectivity index (χ1v) is 10.0. The van der Waals surface area contributed by atoms with Gasteiger partial charge in [-0.25, -0.2) is 4.98 Å². The lowest BCUT2D eigenvalue weighted by molar-refractivity contribution is 0.311. The van der Waals surface area contributed by atoms with Crippen LogP contribution in [0.2, 0.25) is 5.02 Å². The predicted octanol–water partition coefficient (Wildman–Crippen LogP) is 5.69. The van der Waals surface area contributed by atoms with Crippen LogP contribution in [-0.2, 0) is 0 Å². The standard InChI is InChI=1S/C18H18ClN3O2S2/c1-4-24-14-9-12(8-13(19)17(14)23-3)10-20-22-18-21-16(11(2)26-18)15-6-5-7-25-15/h5-10H,4H2,1-3H3,(H,21,22)/b20-10-. The molecule has 0 aliphatic rings. The third kappa shape index (κ3) is 4.17. The van der Waals surface area contributed by atoms with Gasteiger partial charge in [-0.2, -0.15) is 5.10 Å². The van der Waals surface area contributed by atoms with Crippen molar-refractivity contribution in [1.82, 2.24) is 4.98 Å². The zero-order valence-electron chi connectivity index (χ0n) is 14.6. The van der Waals surface area contributed by atoms with Crippen LogP contribution in [-0.4, -0.2) is 24.9 Å². The van der Waals surface area contributed by atoms with Crippen molar-refractivity contribution in [3.63, 3.8) is 0 Å². The van der Waals surface area contributed by atoms with Gasteiger partial charge in [-0.15, -0.1) is 22.7 Å². The average Bonchev–Trinajstić information content (AvgIpc) is 3.24. The lowest BCUT2D eigenvalue weighted by Gasteiger charge is -2.11. The van der Waals surface area contributed by atoms with Crippen LogP contribution in [0.15, 0.2) is 34.7 Å². The highest BCUT2D eigenvalue weighted by Crippen LogP contribution is 2.36. The van der Waals surface area contributed by atoms with Crippen LogP contribution < -0.4 is 14.9 Å². The van der Waals surface area contributed by atoms with Gasteiger partial charge in [0.25, 0.3) is 0 Å². The quantitative estimate of drug-likeness (QED) is 0.404. The minimum Gasteiger partial charge on any atom is -0.491 e. The molecule has 2 aromatic heterocycles. The Bertz CT molecular complexity index is 908. The number of nitrogens with zero attached hydrogens (tertiary/aromatic N) is 2. The van der Waals surface area contributed by atoms with Crippen LogP contribution >= 0.6 is 34.3 Å². The van der Waals surface area contributed by atoms with Gasteiger partial charge in [0.05, 0.1) is 35.5 Å². The van der Waals surface area contributed by atoms with Crippen molar-refractivity contribution in [2.75, 3.05) is 19.1 Å². The minimum absolute atomic E-state index is 0.477. The Balaban J connectivity index is 1.76. The van der Waals surface area contributed by atoms with Crippen LogP contribution in [0.4, 0.5) is 5.13 Å². The Morgan fingerprint density at radius 2 is 2.23 bits per heavy atom. The highest BCUT2D eigenvalue weighted by Gasteiger charge is 2.12. The molecule has 0 spiro atoms. The van der Waals surface area contributed by atoms with E-state index >= 15 is 0 Å². The molecular formula is C18H18ClN3O2S2. The second-order valence-electron chi connectivity index (χ2n) is 5.24. The van der Waals surface area contributed by atoms with Gasteiger partial charge < -0.3 is 9.47 Å². The number of hydrogen-bond donors (Lipinski definition) is 1. The zero-order chi connectivity index (χ0) is 18.5. The van der Waals surface area contributed by atoms with Crippen molar-refractivity contribution in [2.45, 2.75) is 13.8 Å². The summed E-state index contributed by atoms with van der Waals surface area (Å²) in [6, 6.07) is 7.70. The molecule has 0 unspecified atom stereocenters. The number of ether oxygens (including phenoxy) is 2. The van der Waals surface area contributed by atoms with Crippen molar-refractivity contribution in [3.8, 4) is 22.1 Å². The normalized spacial score (nSPS) is 11.1. The summed E-state index contributed by atoms with van der Waals surface area (Å²) in [6.45, 7) is 4.49. The molecule has 5 nitrogen and oxygen atoms in total. The molecular weight excluding hydrogens is 390 g/mol. The number of rotatable bonds is 7. The van der Waals surface area contributed by atoms with Gasteiger partial charge in [0.2, 0.25) is 5.13 Å². The molecule has 3 aromatic rings. The second-order valence-corrected chi connectivity index (χ2v) is 7.80. The molecule has 1 N–H and O–H groups in total. The summed E-state index contributed by atoms with van der Waals surface area (Å²) in [5, 5.41) is 7.53. The number of anilines is 1. The number of halogens is 1. The maximum Gasteiger partial charge on any atom is 0.204 e. The predicted molar refractivity (Wildman–Crippen MR) is 111 cm³/mol. The maximum absolute atomic E-state index is 6.25. The molecule has 0 fully saturated rings. The average molecular weight is 408 g/mol. The van der Waals surface area contributed by atoms with E-state index in [0.717, 1.165) is 26.1 Å². The largest absolute Gasteiger partial charge is 0.491 e. The maximum atomic E-state index is 6.25. The molecule has 0 atom stereocenters. The lowest BCUT2D eigenvalue weighted by atomic mass is 10.2. The van der Waals surface area contributed by atoms with Crippen LogP contribution in [0.5, 0.6) is 11.5 Å². The lowest BCUT2D eigenvalue weighted by Crippen LogP contribution is -1.98. The summed E-state index contributed by atoms with van der Waals surface area (Å²) >= 11 is 9.49. The SMILES string of the molecule is CCOc1cc(/C=N\Nc2nc(-c3cccs3)c(C)s2)cc(Cl)c1OC. The fourth-order valence-corrected chi connectivity index (χ4v) is 4.28. The smallest absolute Gasteiger partial charge is 0.204 e. The van der Waals surface area contributed by atoms with Crippen LogP contribution in [0.3, 0.4) is 0 Å². The van der Waals surface area contributed by atoms with Crippen molar-refractivity contribution in [3.05, 3.63) is 45.1 Å². The van der Waals surface area contributed by atoms with Crippen LogP contribution in [0, 0.1) is 6.92 Å². The van der Waals surface area contributed by atoms with E-state index in [9.17, 15) is 0 Å². The molecule has 0 radical (unpaired) electrons. The molecule has 136 valence electrons. The van der Waals surface area contributed by atoms with Gasteiger partial charge in [-0.3, -0.25) is 5.43 Å². The van der Waals surface area contributed by atoms with Gasteiger partial charge >= 0.3 is 0 Å². The van der Waals surface area contributed by atoms with Crippen molar-refractivity contribution < 1.29 is 9.47 Å². The molecule has 0 saturated heterocycles. The number of hydrazone groups is 1. The summed E-state index contributed by atoms with van der Waals surface area (Å²) < 4.78 is 10.9. The Hall–Kier alpha value is -2.09. The van der Waals surface area contributed by atoms with E-state index in [-0.39, 0.29) is 0 Å². The Morgan fingerprint density at radius 3 is 2.92 bits per heavy atom. The fraction of sp³-hybridized carbons (Fsp3) is 0.222. The number of benzene rings is 1. The number of hydrogen-bond acceptors (Lipinski definition) is 7. The second kappa shape index (κ2) is 8.53. The topological polar surface area (TPSA) is 55.7 Å². The van der Waals surface area contributed by atoms with E-state index in [1.165, 1.54) is 0 Å². The first kappa shape index (κ1) is 18.7. The fourth-order valence-electron chi connectivity index (χ4n) is 2.37. The van der Waals surface area contributed by atoms with E-state index in [1.54, 1.807) is 42.1 Å². The summed E-state index contributed by atoms with van der Waals surface area (Å²) in [5.41, 5.74) is 4.78. The van der Waals surface area contributed by atoms with Crippen LogP contribution in [0.1, 0.15) is 17.4 Å².